The predicted octanol–water partition coefficient (Wildman–Crippen LogP) is 2.07. The van der Waals surface area contributed by atoms with E-state index in [-0.39, 0.29) is 6.04 Å². The third-order valence-corrected chi connectivity index (χ3v) is 2.90. The van der Waals surface area contributed by atoms with Crippen molar-refractivity contribution >= 4 is 0 Å². The van der Waals surface area contributed by atoms with E-state index in [1.165, 1.54) is 0 Å². The van der Waals surface area contributed by atoms with Crippen LogP contribution >= 0.6 is 0 Å². The Morgan fingerprint density at radius 1 is 1.35 bits per heavy atom. The highest BCUT2D eigenvalue weighted by atomic mass is 16.6. The lowest BCUT2D eigenvalue weighted by molar-refractivity contribution is 0.171. The Kier molecular flexibility index (Phi) is 3.50. The first-order valence-electron chi connectivity index (χ1n) is 5.75. The van der Waals surface area contributed by atoms with Crippen LogP contribution in [0.3, 0.4) is 0 Å². The van der Waals surface area contributed by atoms with Gasteiger partial charge in [0.15, 0.2) is 11.5 Å². The fourth-order valence-corrected chi connectivity index (χ4v) is 1.98. The Morgan fingerprint density at radius 3 is 2.65 bits per heavy atom. The topological polar surface area (TPSA) is 68.3 Å². The standard InChI is InChI=1S/C13H16N2O2/c1-9-7-12-13(17-6-5-16-12)8-10(9)11(15)3-2-4-14/h7-8,11H,2-3,5-6,15H2,1H3. The van der Waals surface area contributed by atoms with Crippen molar-refractivity contribution < 1.29 is 9.47 Å². The van der Waals surface area contributed by atoms with Crippen LogP contribution in [0.15, 0.2) is 12.1 Å². The van der Waals surface area contributed by atoms with Crippen LogP contribution in [0.4, 0.5) is 0 Å². The first-order valence-corrected chi connectivity index (χ1v) is 5.75. The number of nitrogens with zero attached hydrogens (tertiary/aromatic N) is 1. The van der Waals surface area contributed by atoms with Crippen molar-refractivity contribution in [3.8, 4) is 17.6 Å². The number of nitriles is 1. The van der Waals surface area contributed by atoms with Crippen LogP contribution in [0.1, 0.15) is 30.0 Å². The maximum atomic E-state index is 8.57. The second-order valence-electron chi connectivity index (χ2n) is 4.16. The van der Waals surface area contributed by atoms with Crippen molar-refractivity contribution in [2.75, 3.05) is 13.2 Å². The van der Waals surface area contributed by atoms with Crippen LogP contribution in [-0.2, 0) is 0 Å². The normalized spacial score (nSPS) is 15.1. The van der Waals surface area contributed by atoms with Gasteiger partial charge in [0.25, 0.3) is 0 Å². The molecule has 0 aromatic heterocycles. The predicted molar refractivity (Wildman–Crippen MR) is 63.9 cm³/mol. The smallest absolute Gasteiger partial charge is 0.161 e. The van der Waals surface area contributed by atoms with Crippen LogP contribution < -0.4 is 15.2 Å². The molecule has 17 heavy (non-hydrogen) atoms. The lowest BCUT2D eigenvalue weighted by atomic mass is 9.97. The van der Waals surface area contributed by atoms with E-state index < -0.39 is 0 Å². The summed E-state index contributed by atoms with van der Waals surface area (Å²) in [5, 5.41) is 8.57. The summed E-state index contributed by atoms with van der Waals surface area (Å²) in [4.78, 5) is 0. The van der Waals surface area contributed by atoms with Gasteiger partial charge in [0, 0.05) is 12.5 Å². The molecule has 0 radical (unpaired) electrons. The highest BCUT2D eigenvalue weighted by Crippen LogP contribution is 2.35. The van der Waals surface area contributed by atoms with Crippen molar-refractivity contribution in [2.24, 2.45) is 5.73 Å². The van der Waals surface area contributed by atoms with Crippen LogP contribution in [0.5, 0.6) is 11.5 Å². The zero-order valence-electron chi connectivity index (χ0n) is 9.90. The maximum absolute atomic E-state index is 8.57. The molecule has 0 saturated carbocycles. The average molecular weight is 232 g/mol. The number of rotatable bonds is 3. The molecule has 1 aromatic rings. The summed E-state index contributed by atoms with van der Waals surface area (Å²) in [5.74, 6) is 1.54. The number of fused-ring (bicyclic) bond motifs is 1. The van der Waals surface area contributed by atoms with E-state index in [0.29, 0.717) is 26.1 Å². The summed E-state index contributed by atoms with van der Waals surface area (Å²) in [5.41, 5.74) is 8.18. The van der Waals surface area contributed by atoms with Gasteiger partial charge in [-0.3, -0.25) is 0 Å². The monoisotopic (exact) mass is 232 g/mol. The lowest BCUT2D eigenvalue weighted by Crippen LogP contribution is -2.17. The fourth-order valence-electron chi connectivity index (χ4n) is 1.98. The van der Waals surface area contributed by atoms with Crippen LogP contribution in [0.25, 0.3) is 0 Å². The van der Waals surface area contributed by atoms with E-state index in [4.69, 9.17) is 20.5 Å². The Morgan fingerprint density at radius 2 is 2.00 bits per heavy atom. The van der Waals surface area contributed by atoms with E-state index in [1.807, 2.05) is 19.1 Å². The third-order valence-electron chi connectivity index (χ3n) is 2.90. The van der Waals surface area contributed by atoms with Gasteiger partial charge < -0.3 is 15.2 Å². The van der Waals surface area contributed by atoms with E-state index in [1.54, 1.807) is 0 Å². The summed E-state index contributed by atoms with van der Waals surface area (Å²) in [6, 6.07) is 5.89. The van der Waals surface area contributed by atoms with Gasteiger partial charge in [-0.1, -0.05) is 0 Å². The van der Waals surface area contributed by atoms with Crippen molar-refractivity contribution in [3.05, 3.63) is 23.3 Å². The number of hydrogen-bond donors (Lipinski definition) is 1. The number of nitrogens with two attached hydrogens (primary N) is 1. The minimum Gasteiger partial charge on any atom is -0.486 e. The lowest BCUT2D eigenvalue weighted by Gasteiger charge is -2.22. The fraction of sp³-hybridized carbons (Fsp3) is 0.462. The van der Waals surface area contributed by atoms with Gasteiger partial charge in [-0.05, 0) is 36.6 Å². The van der Waals surface area contributed by atoms with Gasteiger partial charge in [-0.25, -0.2) is 0 Å². The summed E-state index contributed by atoms with van der Waals surface area (Å²) in [6.07, 6.45) is 1.13. The molecule has 0 spiro atoms. The Balaban J connectivity index is 2.25. The molecule has 1 aliphatic heterocycles. The van der Waals surface area contributed by atoms with Crippen molar-refractivity contribution in [2.45, 2.75) is 25.8 Å². The molecule has 90 valence electrons. The van der Waals surface area contributed by atoms with Gasteiger partial charge in [-0.2, -0.15) is 5.26 Å². The summed E-state index contributed by atoms with van der Waals surface area (Å²) in [6.45, 7) is 3.16. The van der Waals surface area contributed by atoms with Crippen molar-refractivity contribution in [3.63, 3.8) is 0 Å². The molecule has 4 heteroatoms. The Labute approximate surface area is 101 Å². The molecule has 0 fully saturated rings. The zero-order chi connectivity index (χ0) is 12.3. The maximum Gasteiger partial charge on any atom is 0.161 e. The minimum absolute atomic E-state index is 0.120. The number of ether oxygens (including phenoxy) is 2. The van der Waals surface area contributed by atoms with E-state index in [2.05, 4.69) is 6.07 Å². The van der Waals surface area contributed by atoms with Crippen molar-refractivity contribution in [1.82, 2.24) is 0 Å². The quantitative estimate of drug-likeness (QED) is 0.866. The second kappa shape index (κ2) is 5.07. The summed E-state index contributed by atoms with van der Waals surface area (Å²) in [7, 11) is 0. The van der Waals surface area contributed by atoms with Gasteiger partial charge in [0.1, 0.15) is 13.2 Å². The van der Waals surface area contributed by atoms with Crippen molar-refractivity contribution in [1.29, 1.82) is 5.26 Å². The SMILES string of the molecule is Cc1cc2c(cc1C(N)CCC#N)OCCO2. The van der Waals surface area contributed by atoms with Gasteiger partial charge in [0.05, 0.1) is 6.07 Å². The zero-order valence-corrected chi connectivity index (χ0v) is 9.90. The third kappa shape index (κ3) is 2.51. The molecule has 1 heterocycles. The largest absolute Gasteiger partial charge is 0.486 e. The van der Waals surface area contributed by atoms with Crippen LogP contribution in [0, 0.1) is 18.3 Å². The van der Waals surface area contributed by atoms with E-state index in [0.717, 1.165) is 22.6 Å². The Bertz CT molecular complexity index is 451. The summed E-state index contributed by atoms with van der Waals surface area (Å²) >= 11 is 0. The van der Waals surface area contributed by atoms with Gasteiger partial charge in [0.2, 0.25) is 0 Å². The molecule has 0 bridgehead atoms. The molecule has 2 N–H and O–H groups in total. The molecule has 1 aromatic carbocycles. The molecule has 0 amide bonds. The van der Waals surface area contributed by atoms with Gasteiger partial charge >= 0.3 is 0 Å². The Hall–Kier alpha value is -1.73. The number of hydrogen-bond acceptors (Lipinski definition) is 4. The molecular weight excluding hydrogens is 216 g/mol. The van der Waals surface area contributed by atoms with Crippen LogP contribution in [0.2, 0.25) is 0 Å². The van der Waals surface area contributed by atoms with E-state index in [9.17, 15) is 0 Å². The highest BCUT2D eigenvalue weighted by Gasteiger charge is 2.17. The molecule has 0 aliphatic carbocycles. The molecule has 0 saturated heterocycles. The molecule has 2 rings (SSSR count). The molecule has 1 unspecified atom stereocenters. The average Bonchev–Trinajstić information content (AvgIpc) is 2.35. The molecule has 1 atom stereocenters. The molecular formula is C13H16N2O2. The molecule has 4 nitrogen and oxygen atoms in total. The molecule has 1 aliphatic rings. The first kappa shape index (κ1) is 11.7. The second-order valence-corrected chi connectivity index (χ2v) is 4.16. The van der Waals surface area contributed by atoms with E-state index >= 15 is 0 Å². The summed E-state index contributed by atoms with van der Waals surface area (Å²) < 4.78 is 11.0. The van der Waals surface area contributed by atoms with Gasteiger partial charge in [-0.15, -0.1) is 0 Å². The highest BCUT2D eigenvalue weighted by molar-refractivity contribution is 5.48. The minimum atomic E-state index is -0.120. The first-order chi connectivity index (χ1) is 8.22. The number of aryl methyl sites for hydroxylation is 1. The van der Waals surface area contributed by atoms with Crippen LogP contribution in [-0.4, -0.2) is 13.2 Å². The number of benzene rings is 1.